The van der Waals surface area contributed by atoms with Crippen molar-refractivity contribution >= 4 is 0 Å². The van der Waals surface area contributed by atoms with Gasteiger partial charge in [0.05, 0.1) is 0 Å². The summed E-state index contributed by atoms with van der Waals surface area (Å²) in [5, 5.41) is 0. The number of hydrogen-bond acceptors (Lipinski definition) is 2. The Morgan fingerprint density at radius 2 is 0.234 bits per heavy atom. The van der Waals surface area contributed by atoms with Crippen LogP contribution >= 0.6 is 0 Å². The fraction of sp³-hybridized carbons (Fsp3) is 1.00. The molecule has 64 heavy (non-hydrogen) atoms. The average molecular weight is 904 g/mol. The van der Waals surface area contributed by atoms with Crippen molar-refractivity contribution in [2.24, 2.45) is 0 Å². The molecular formula is C62H130N2. The molecular weight excluding hydrogens is 773 g/mol. The Morgan fingerprint density at radius 3 is 0.344 bits per heavy atom. The molecule has 0 aromatic carbocycles. The second kappa shape index (κ2) is 62.9. The fourth-order valence-electron chi connectivity index (χ4n) is 9.82. The Morgan fingerprint density at radius 1 is 0.141 bits per heavy atom. The van der Waals surface area contributed by atoms with Crippen LogP contribution in [-0.4, -0.2) is 50.1 Å². The molecule has 0 aromatic rings. The SMILES string of the molecule is CCCCCCCCCCCCCCCCN(C)CCCCCCCCCCCCCCCC.CCCCCCCCCCCCCCN(C)CCCCCCCCCCCCCC. The van der Waals surface area contributed by atoms with Gasteiger partial charge < -0.3 is 9.80 Å². The minimum absolute atomic E-state index is 1.31. The van der Waals surface area contributed by atoms with Gasteiger partial charge in [-0.3, -0.25) is 0 Å². The first kappa shape index (κ1) is 66.0. The van der Waals surface area contributed by atoms with Gasteiger partial charge in [-0.15, -0.1) is 0 Å². The Labute approximate surface area is 410 Å². The van der Waals surface area contributed by atoms with Crippen molar-refractivity contribution in [1.29, 1.82) is 0 Å². The maximum atomic E-state index is 2.58. The maximum Gasteiger partial charge on any atom is -0.00218 e. The van der Waals surface area contributed by atoms with Crippen molar-refractivity contribution in [3.05, 3.63) is 0 Å². The summed E-state index contributed by atoms with van der Waals surface area (Å²) in [6.45, 7) is 14.5. The van der Waals surface area contributed by atoms with Gasteiger partial charge in [-0.2, -0.15) is 0 Å². The second-order valence-electron chi connectivity index (χ2n) is 21.6. The Hall–Kier alpha value is -0.0800. The van der Waals surface area contributed by atoms with Gasteiger partial charge in [0.2, 0.25) is 0 Å². The first-order valence-corrected chi connectivity index (χ1v) is 31.0. The van der Waals surface area contributed by atoms with Crippen LogP contribution in [0.2, 0.25) is 0 Å². The van der Waals surface area contributed by atoms with Crippen molar-refractivity contribution in [1.82, 2.24) is 9.80 Å². The van der Waals surface area contributed by atoms with Crippen LogP contribution in [-0.2, 0) is 0 Å². The lowest BCUT2D eigenvalue weighted by molar-refractivity contribution is 0.314. The molecule has 0 aliphatic rings. The number of rotatable bonds is 56. The first-order chi connectivity index (χ1) is 31.6. The number of unbranched alkanes of at least 4 members (excludes halogenated alkanes) is 48. The lowest BCUT2D eigenvalue weighted by atomic mass is 10.0. The van der Waals surface area contributed by atoms with Crippen LogP contribution in [0.1, 0.15) is 362 Å². The molecule has 388 valence electrons. The van der Waals surface area contributed by atoms with E-state index in [1.807, 2.05) is 0 Å². The monoisotopic (exact) mass is 903 g/mol. The first-order valence-electron chi connectivity index (χ1n) is 31.0. The largest absolute Gasteiger partial charge is 0.306 e. The highest BCUT2D eigenvalue weighted by Crippen LogP contribution is 2.17. The molecule has 0 unspecified atom stereocenters. The van der Waals surface area contributed by atoms with E-state index < -0.39 is 0 Å². The van der Waals surface area contributed by atoms with Crippen LogP contribution in [0.3, 0.4) is 0 Å². The van der Waals surface area contributed by atoms with Crippen molar-refractivity contribution in [2.45, 2.75) is 362 Å². The molecule has 0 aromatic heterocycles. The molecule has 0 saturated carbocycles. The molecule has 0 rings (SSSR count). The van der Waals surface area contributed by atoms with Gasteiger partial charge >= 0.3 is 0 Å². The highest BCUT2D eigenvalue weighted by Gasteiger charge is 2.02. The Kier molecular flexibility index (Phi) is 64.9. The highest BCUT2D eigenvalue weighted by atomic mass is 15.1. The summed E-state index contributed by atoms with van der Waals surface area (Å²) in [6.07, 6.45) is 75.7. The minimum Gasteiger partial charge on any atom is -0.306 e. The molecule has 0 aliphatic heterocycles. The molecule has 2 nitrogen and oxygen atoms in total. The zero-order chi connectivity index (χ0) is 46.8. The number of nitrogens with zero attached hydrogens (tertiary/aromatic N) is 2. The van der Waals surface area contributed by atoms with Crippen LogP contribution in [0.25, 0.3) is 0 Å². The van der Waals surface area contributed by atoms with Crippen molar-refractivity contribution in [3.8, 4) is 0 Å². The lowest BCUT2D eigenvalue weighted by Gasteiger charge is -2.16. The highest BCUT2D eigenvalue weighted by molar-refractivity contribution is 4.58. The summed E-state index contributed by atoms with van der Waals surface area (Å²) in [5.74, 6) is 0. The quantitative estimate of drug-likeness (QED) is 0.0561. The summed E-state index contributed by atoms with van der Waals surface area (Å²) < 4.78 is 0. The zero-order valence-electron chi connectivity index (χ0n) is 46.5. The molecule has 0 saturated heterocycles. The fourth-order valence-corrected chi connectivity index (χ4v) is 9.82. The summed E-state index contributed by atoms with van der Waals surface area (Å²) in [4.78, 5) is 5.16. The Balaban J connectivity index is 0. The van der Waals surface area contributed by atoms with E-state index in [9.17, 15) is 0 Å². The molecule has 0 amide bonds. The van der Waals surface area contributed by atoms with Crippen LogP contribution in [0.4, 0.5) is 0 Å². The predicted octanol–water partition coefficient (Wildman–Crippen LogP) is 22.2. The summed E-state index contributed by atoms with van der Waals surface area (Å²) in [7, 11) is 4.67. The van der Waals surface area contributed by atoms with E-state index in [1.54, 1.807) is 0 Å². The van der Waals surface area contributed by atoms with Crippen molar-refractivity contribution < 1.29 is 0 Å². The van der Waals surface area contributed by atoms with E-state index in [2.05, 4.69) is 51.6 Å². The molecule has 0 fully saturated rings. The molecule has 0 atom stereocenters. The van der Waals surface area contributed by atoms with E-state index in [0.717, 1.165) is 0 Å². The third-order valence-electron chi connectivity index (χ3n) is 14.6. The molecule has 0 radical (unpaired) electrons. The van der Waals surface area contributed by atoms with E-state index in [0.29, 0.717) is 0 Å². The minimum atomic E-state index is 1.31. The van der Waals surface area contributed by atoms with Gasteiger partial charge in [0.25, 0.3) is 0 Å². The van der Waals surface area contributed by atoms with E-state index in [4.69, 9.17) is 0 Å². The van der Waals surface area contributed by atoms with Gasteiger partial charge in [-0.1, -0.05) is 336 Å². The van der Waals surface area contributed by atoms with Crippen LogP contribution in [0, 0.1) is 0 Å². The molecule has 0 bridgehead atoms. The van der Waals surface area contributed by atoms with Gasteiger partial charge in [-0.05, 0) is 66.0 Å². The standard InChI is InChI=1S/C33H69N.C29H61N/c1-4-6-8-10-12-14-16-18-20-22-24-26-28-30-32-34(3)33-31-29-27-25-23-21-19-17-15-13-11-9-7-5-2;1-4-6-8-10-12-14-16-18-20-22-24-26-28-30(3)29-27-25-23-21-19-17-15-13-11-9-7-5-2/h4-33H2,1-3H3;4-29H2,1-3H3. The van der Waals surface area contributed by atoms with Crippen LogP contribution < -0.4 is 0 Å². The summed E-state index contributed by atoms with van der Waals surface area (Å²) in [6, 6.07) is 0. The average Bonchev–Trinajstić information content (AvgIpc) is 3.30. The van der Waals surface area contributed by atoms with E-state index in [-0.39, 0.29) is 0 Å². The van der Waals surface area contributed by atoms with Gasteiger partial charge in [-0.25, -0.2) is 0 Å². The lowest BCUT2D eigenvalue weighted by Crippen LogP contribution is -2.20. The number of hydrogen-bond donors (Lipinski definition) is 0. The van der Waals surface area contributed by atoms with E-state index >= 15 is 0 Å². The molecule has 2 heteroatoms. The zero-order valence-corrected chi connectivity index (χ0v) is 46.5. The van der Waals surface area contributed by atoms with Gasteiger partial charge in [0.15, 0.2) is 0 Å². The maximum absolute atomic E-state index is 2.58. The third-order valence-corrected chi connectivity index (χ3v) is 14.6. The predicted molar refractivity (Wildman–Crippen MR) is 298 cm³/mol. The van der Waals surface area contributed by atoms with Gasteiger partial charge in [0.1, 0.15) is 0 Å². The van der Waals surface area contributed by atoms with Crippen LogP contribution in [0.5, 0.6) is 0 Å². The van der Waals surface area contributed by atoms with Crippen molar-refractivity contribution in [3.63, 3.8) is 0 Å². The van der Waals surface area contributed by atoms with Gasteiger partial charge in [0, 0.05) is 0 Å². The third kappa shape index (κ3) is 64.0. The summed E-state index contributed by atoms with van der Waals surface area (Å²) in [5.41, 5.74) is 0. The summed E-state index contributed by atoms with van der Waals surface area (Å²) >= 11 is 0. The second-order valence-corrected chi connectivity index (χ2v) is 21.6. The smallest absolute Gasteiger partial charge is 0.00218 e. The molecule has 0 spiro atoms. The van der Waals surface area contributed by atoms with Crippen LogP contribution in [0.15, 0.2) is 0 Å². The molecule has 0 heterocycles. The molecule has 0 aliphatic carbocycles. The van der Waals surface area contributed by atoms with E-state index in [1.165, 1.54) is 360 Å². The topological polar surface area (TPSA) is 6.48 Å². The normalized spacial score (nSPS) is 11.6. The molecule has 0 N–H and O–H groups in total. The van der Waals surface area contributed by atoms with Crippen molar-refractivity contribution in [2.75, 3.05) is 40.3 Å². The Bertz CT molecular complexity index is 691.